The van der Waals surface area contributed by atoms with E-state index in [0.717, 1.165) is 12.8 Å². The molecule has 0 heterocycles. The van der Waals surface area contributed by atoms with Crippen molar-refractivity contribution >= 4 is 15.9 Å². The Balaban J connectivity index is 3.10. The van der Waals surface area contributed by atoms with Gasteiger partial charge >= 0.3 is 0 Å². The Morgan fingerprint density at radius 1 is 1.75 bits per heavy atom. The van der Waals surface area contributed by atoms with E-state index in [1.54, 1.807) is 4.99 Å². The van der Waals surface area contributed by atoms with Gasteiger partial charge in [-0.3, -0.25) is 0 Å². The molecule has 2 heteroatoms. The van der Waals surface area contributed by atoms with Gasteiger partial charge < -0.3 is 5.11 Å². The maximum absolute atomic E-state index is 8.92. The molecule has 8 heavy (non-hydrogen) atoms. The summed E-state index contributed by atoms with van der Waals surface area (Å²) < 4.78 is 0. The quantitative estimate of drug-likeness (QED) is 0.702. The maximum atomic E-state index is 8.92. The highest BCUT2D eigenvalue weighted by atomic mass is 79.9. The number of aliphatic hydroxyl groups is 1. The monoisotopic (exact) mass is 178 g/mol. The van der Waals surface area contributed by atoms with Crippen LogP contribution in [0.1, 0.15) is 19.8 Å². The second-order valence-corrected chi connectivity index (χ2v) is 2.19. The van der Waals surface area contributed by atoms with Gasteiger partial charge in [0.15, 0.2) is 0 Å². The number of hydrogen-bond acceptors (Lipinski definition) is 1. The van der Waals surface area contributed by atoms with Crippen molar-refractivity contribution in [3.8, 4) is 0 Å². The molecule has 1 unspecified atom stereocenters. The van der Waals surface area contributed by atoms with Gasteiger partial charge in [-0.2, -0.15) is 0 Å². The lowest BCUT2D eigenvalue weighted by Gasteiger charge is -1.99. The van der Waals surface area contributed by atoms with Crippen LogP contribution in [0.25, 0.3) is 0 Å². The molecule has 0 aliphatic carbocycles. The van der Waals surface area contributed by atoms with E-state index in [1.165, 1.54) is 0 Å². The molecule has 1 N–H and O–H groups in total. The minimum Gasteiger partial charge on any atom is -0.393 e. The first-order chi connectivity index (χ1) is 3.81. The van der Waals surface area contributed by atoms with E-state index in [-0.39, 0.29) is 6.10 Å². The second kappa shape index (κ2) is 5.32. The Bertz CT molecular complexity index is 70.9. The van der Waals surface area contributed by atoms with E-state index in [4.69, 9.17) is 5.11 Å². The van der Waals surface area contributed by atoms with Crippen LogP contribution in [0.2, 0.25) is 0 Å². The molecular formula is C6H11BrO. The highest BCUT2D eigenvalue weighted by molar-refractivity contribution is 9.11. The van der Waals surface area contributed by atoms with E-state index in [9.17, 15) is 0 Å². The summed E-state index contributed by atoms with van der Waals surface area (Å²) in [5.41, 5.74) is 0. The molecule has 0 aromatic carbocycles. The Kier molecular flexibility index (Phi) is 5.44. The summed E-state index contributed by atoms with van der Waals surface area (Å²) in [5.74, 6) is 0. The van der Waals surface area contributed by atoms with E-state index in [2.05, 4.69) is 15.9 Å². The van der Waals surface area contributed by atoms with E-state index >= 15 is 0 Å². The van der Waals surface area contributed by atoms with Gasteiger partial charge in [-0.05, 0) is 17.8 Å². The van der Waals surface area contributed by atoms with Crippen LogP contribution < -0.4 is 0 Å². The Morgan fingerprint density at radius 2 is 2.38 bits per heavy atom. The van der Waals surface area contributed by atoms with Gasteiger partial charge in [-0.25, -0.2) is 0 Å². The molecule has 0 aliphatic rings. The summed E-state index contributed by atoms with van der Waals surface area (Å²) in [6.07, 6.45) is 3.32. The molecule has 0 bridgehead atoms. The standard InChI is InChI=1S/C6H11BrO/c1-2-6(8)4-3-5-7/h3,5-6,8H,2,4H2,1H3/b5-3+. The third-order valence-electron chi connectivity index (χ3n) is 0.968. The minimum absolute atomic E-state index is 0.163. The summed E-state index contributed by atoms with van der Waals surface area (Å²) in [7, 11) is 0. The van der Waals surface area contributed by atoms with Gasteiger partial charge in [0.05, 0.1) is 6.10 Å². The van der Waals surface area contributed by atoms with Crippen LogP contribution in [0.15, 0.2) is 11.1 Å². The lowest BCUT2D eigenvalue weighted by atomic mass is 10.2. The average Bonchev–Trinajstić information content (AvgIpc) is 1.83. The molecule has 0 aromatic heterocycles. The predicted molar refractivity (Wildman–Crippen MR) is 39.0 cm³/mol. The molecule has 0 radical (unpaired) electrons. The van der Waals surface area contributed by atoms with Gasteiger partial charge in [0.1, 0.15) is 0 Å². The zero-order valence-corrected chi connectivity index (χ0v) is 6.56. The molecule has 0 spiro atoms. The summed E-state index contributed by atoms with van der Waals surface area (Å²) in [6, 6.07) is 0. The second-order valence-electron chi connectivity index (χ2n) is 1.66. The molecule has 0 saturated carbocycles. The maximum Gasteiger partial charge on any atom is 0.0572 e. The average molecular weight is 179 g/mol. The molecule has 0 aromatic rings. The zero-order valence-electron chi connectivity index (χ0n) is 4.97. The third-order valence-corrected chi connectivity index (χ3v) is 1.34. The number of aliphatic hydroxyl groups excluding tert-OH is 1. The van der Waals surface area contributed by atoms with Gasteiger partial charge in [0.25, 0.3) is 0 Å². The van der Waals surface area contributed by atoms with Crippen molar-refractivity contribution in [2.75, 3.05) is 0 Å². The highest BCUT2D eigenvalue weighted by Crippen LogP contribution is 1.98. The van der Waals surface area contributed by atoms with Crippen LogP contribution in [0.4, 0.5) is 0 Å². The normalized spacial score (nSPS) is 14.9. The third kappa shape index (κ3) is 4.34. The largest absolute Gasteiger partial charge is 0.393 e. The van der Waals surface area contributed by atoms with E-state index in [0.29, 0.717) is 0 Å². The van der Waals surface area contributed by atoms with Crippen LogP contribution in [0.5, 0.6) is 0 Å². The lowest BCUT2D eigenvalue weighted by molar-refractivity contribution is 0.174. The van der Waals surface area contributed by atoms with Gasteiger partial charge in [0.2, 0.25) is 0 Å². The smallest absolute Gasteiger partial charge is 0.0572 e. The van der Waals surface area contributed by atoms with Crippen molar-refractivity contribution in [2.45, 2.75) is 25.9 Å². The van der Waals surface area contributed by atoms with Crippen molar-refractivity contribution in [1.29, 1.82) is 0 Å². The predicted octanol–water partition coefficient (Wildman–Crippen LogP) is 2.06. The van der Waals surface area contributed by atoms with Gasteiger partial charge in [-0.15, -0.1) is 0 Å². The van der Waals surface area contributed by atoms with Crippen molar-refractivity contribution < 1.29 is 5.11 Å². The summed E-state index contributed by atoms with van der Waals surface area (Å²) >= 11 is 3.12. The Labute approximate surface area is 58.5 Å². The van der Waals surface area contributed by atoms with Crippen LogP contribution in [0, 0.1) is 0 Å². The molecular weight excluding hydrogens is 168 g/mol. The van der Waals surface area contributed by atoms with E-state index < -0.39 is 0 Å². The lowest BCUT2D eigenvalue weighted by Crippen LogP contribution is -2.00. The fourth-order valence-electron chi connectivity index (χ4n) is 0.375. The molecule has 0 rings (SSSR count). The fourth-order valence-corrected chi connectivity index (χ4v) is 0.591. The van der Waals surface area contributed by atoms with Crippen LogP contribution in [0.3, 0.4) is 0 Å². The highest BCUT2D eigenvalue weighted by Gasteiger charge is 1.93. The van der Waals surface area contributed by atoms with Gasteiger partial charge in [-0.1, -0.05) is 28.9 Å². The molecule has 1 nitrogen and oxygen atoms in total. The SMILES string of the molecule is CCC(O)C/C=C/Br. The zero-order chi connectivity index (χ0) is 6.41. The van der Waals surface area contributed by atoms with Crippen LogP contribution in [-0.2, 0) is 0 Å². The van der Waals surface area contributed by atoms with Crippen molar-refractivity contribution in [2.24, 2.45) is 0 Å². The Hall–Kier alpha value is 0.180. The van der Waals surface area contributed by atoms with Crippen LogP contribution >= 0.6 is 15.9 Å². The molecule has 1 atom stereocenters. The van der Waals surface area contributed by atoms with Crippen molar-refractivity contribution in [3.63, 3.8) is 0 Å². The van der Waals surface area contributed by atoms with Crippen molar-refractivity contribution in [1.82, 2.24) is 0 Å². The summed E-state index contributed by atoms with van der Waals surface area (Å²) in [5, 5.41) is 8.92. The molecule has 48 valence electrons. The first kappa shape index (κ1) is 8.18. The number of halogens is 1. The van der Waals surface area contributed by atoms with Gasteiger partial charge in [0, 0.05) is 0 Å². The molecule has 0 fully saturated rings. The number of rotatable bonds is 3. The molecule has 0 aliphatic heterocycles. The van der Waals surface area contributed by atoms with Crippen molar-refractivity contribution in [3.05, 3.63) is 11.1 Å². The van der Waals surface area contributed by atoms with E-state index in [1.807, 2.05) is 13.0 Å². The summed E-state index contributed by atoms with van der Waals surface area (Å²) in [4.78, 5) is 1.77. The topological polar surface area (TPSA) is 20.2 Å². The van der Waals surface area contributed by atoms with Crippen LogP contribution in [-0.4, -0.2) is 11.2 Å². The minimum atomic E-state index is -0.163. The number of hydrogen-bond donors (Lipinski definition) is 1. The first-order valence-corrected chi connectivity index (χ1v) is 3.66. The Morgan fingerprint density at radius 3 is 2.75 bits per heavy atom. The first-order valence-electron chi connectivity index (χ1n) is 2.74. The molecule has 0 amide bonds. The molecule has 0 saturated heterocycles. The summed E-state index contributed by atoms with van der Waals surface area (Å²) in [6.45, 7) is 1.97. The fraction of sp³-hybridized carbons (Fsp3) is 0.667.